The minimum absolute atomic E-state index is 0.217. The molecule has 1 fully saturated rings. The van der Waals surface area contributed by atoms with E-state index in [4.69, 9.17) is 0 Å². The highest BCUT2D eigenvalue weighted by molar-refractivity contribution is 7.89. The van der Waals surface area contributed by atoms with Gasteiger partial charge in [-0.05, 0) is 36.4 Å². The molecule has 1 N–H and O–H groups in total. The molecule has 4 rings (SSSR count). The van der Waals surface area contributed by atoms with Crippen LogP contribution in [0.4, 0.5) is 17.3 Å². The van der Waals surface area contributed by atoms with Gasteiger partial charge in [-0.2, -0.15) is 4.31 Å². The lowest BCUT2D eigenvalue weighted by atomic mass is 10.3. The van der Waals surface area contributed by atoms with E-state index in [2.05, 4.69) is 25.5 Å². The number of rotatable bonds is 5. The lowest BCUT2D eigenvalue weighted by Crippen LogP contribution is -2.49. The first kappa shape index (κ1) is 18.3. The summed E-state index contributed by atoms with van der Waals surface area (Å²) in [5.41, 5.74) is 0.832. The van der Waals surface area contributed by atoms with E-state index in [1.54, 1.807) is 30.7 Å². The average molecular weight is 397 g/mol. The Balaban J connectivity index is 1.39. The fraction of sp³-hybridized carbons (Fsp3) is 0.222. The van der Waals surface area contributed by atoms with Gasteiger partial charge in [-0.15, -0.1) is 10.2 Å². The number of nitrogens with one attached hydrogen (secondary N) is 1. The predicted octanol–water partition coefficient (Wildman–Crippen LogP) is 1.52. The molecular weight excluding hydrogens is 378 g/mol. The van der Waals surface area contributed by atoms with Crippen LogP contribution in [0.25, 0.3) is 0 Å². The molecule has 0 unspecified atom stereocenters. The van der Waals surface area contributed by atoms with E-state index in [1.165, 1.54) is 10.5 Å². The quantitative estimate of drug-likeness (QED) is 0.691. The Morgan fingerprint density at radius 3 is 2.21 bits per heavy atom. The second-order valence-corrected chi connectivity index (χ2v) is 8.16. The molecule has 3 aromatic heterocycles. The number of anilines is 3. The summed E-state index contributed by atoms with van der Waals surface area (Å²) >= 11 is 0. The molecular formula is C18H19N7O2S. The van der Waals surface area contributed by atoms with Crippen molar-refractivity contribution in [1.29, 1.82) is 0 Å². The molecule has 1 aliphatic rings. The maximum absolute atomic E-state index is 12.7. The molecule has 1 saturated heterocycles. The lowest BCUT2D eigenvalue weighted by Gasteiger charge is -2.34. The molecule has 0 radical (unpaired) electrons. The number of nitrogens with zero attached hydrogens (tertiary/aromatic N) is 6. The maximum atomic E-state index is 12.7. The smallest absolute Gasteiger partial charge is 0.244 e. The summed E-state index contributed by atoms with van der Waals surface area (Å²) in [7, 11) is -3.52. The first-order valence-corrected chi connectivity index (χ1v) is 10.2. The minimum Gasteiger partial charge on any atom is -0.352 e. The summed E-state index contributed by atoms with van der Waals surface area (Å²) < 4.78 is 26.8. The van der Waals surface area contributed by atoms with E-state index in [1.807, 2.05) is 29.2 Å². The van der Waals surface area contributed by atoms with Crippen LogP contribution in [0.15, 0.2) is 66.1 Å². The van der Waals surface area contributed by atoms with Gasteiger partial charge in [0.25, 0.3) is 0 Å². The normalized spacial score (nSPS) is 15.4. The number of aromatic nitrogens is 4. The Bertz CT molecular complexity index is 1010. The summed E-state index contributed by atoms with van der Waals surface area (Å²) in [5, 5.41) is 11.6. The Hall–Kier alpha value is -3.11. The van der Waals surface area contributed by atoms with Gasteiger partial charge >= 0.3 is 0 Å². The van der Waals surface area contributed by atoms with E-state index >= 15 is 0 Å². The van der Waals surface area contributed by atoms with Crippen molar-refractivity contribution >= 4 is 27.3 Å². The van der Waals surface area contributed by atoms with Gasteiger partial charge in [0.1, 0.15) is 4.90 Å². The highest BCUT2D eigenvalue weighted by atomic mass is 32.2. The van der Waals surface area contributed by atoms with Crippen molar-refractivity contribution in [1.82, 2.24) is 24.5 Å². The summed E-state index contributed by atoms with van der Waals surface area (Å²) in [5.74, 6) is 1.34. The third-order valence-corrected chi connectivity index (χ3v) is 6.30. The van der Waals surface area contributed by atoms with E-state index in [0.717, 1.165) is 11.5 Å². The highest BCUT2D eigenvalue weighted by Gasteiger charge is 2.29. The SMILES string of the molecule is O=S(=O)(c1cccnc1)N1CCN(c2ccc(Nc3cccnc3)nn2)CC1. The second-order valence-electron chi connectivity index (χ2n) is 6.22. The van der Waals surface area contributed by atoms with Crippen LogP contribution in [0.3, 0.4) is 0 Å². The van der Waals surface area contributed by atoms with E-state index in [9.17, 15) is 8.42 Å². The molecule has 0 amide bonds. The molecule has 4 heterocycles. The van der Waals surface area contributed by atoms with Crippen molar-refractivity contribution in [3.63, 3.8) is 0 Å². The highest BCUT2D eigenvalue weighted by Crippen LogP contribution is 2.20. The molecule has 0 bridgehead atoms. The van der Waals surface area contributed by atoms with Gasteiger partial charge in [-0.1, -0.05) is 0 Å². The lowest BCUT2D eigenvalue weighted by molar-refractivity contribution is 0.383. The zero-order chi connectivity index (χ0) is 19.4. The third-order valence-electron chi connectivity index (χ3n) is 4.42. The van der Waals surface area contributed by atoms with Crippen LogP contribution in [0.5, 0.6) is 0 Å². The summed E-state index contributed by atoms with van der Waals surface area (Å²) in [4.78, 5) is 10.2. The van der Waals surface area contributed by atoms with Gasteiger partial charge in [-0.3, -0.25) is 9.97 Å². The van der Waals surface area contributed by atoms with Crippen molar-refractivity contribution in [2.24, 2.45) is 0 Å². The molecule has 9 nitrogen and oxygen atoms in total. The number of hydrogen-bond donors (Lipinski definition) is 1. The fourth-order valence-corrected chi connectivity index (χ4v) is 4.34. The summed E-state index contributed by atoms with van der Waals surface area (Å²) in [6.07, 6.45) is 6.34. The Morgan fingerprint density at radius 2 is 1.61 bits per heavy atom. The first-order valence-electron chi connectivity index (χ1n) is 8.79. The van der Waals surface area contributed by atoms with Gasteiger partial charge < -0.3 is 10.2 Å². The molecule has 0 aromatic carbocycles. The van der Waals surface area contributed by atoms with Crippen LogP contribution < -0.4 is 10.2 Å². The Kier molecular flexibility index (Phi) is 5.13. The maximum Gasteiger partial charge on any atom is 0.244 e. The van der Waals surface area contributed by atoms with Gasteiger partial charge in [0, 0.05) is 44.8 Å². The monoisotopic (exact) mass is 397 g/mol. The van der Waals surface area contributed by atoms with Crippen molar-refractivity contribution in [2.45, 2.75) is 4.90 Å². The second kappa shape index (κ2) is 7.87. The standard InChI is InChI=1S/C18H19N7O2S/c26-28(27,16-4-2-8-20-14-16)25-11-9-24(10-12-25)18-6-5-17(22-23-18)21-15-3-1-7-19-13-15/h1-8,13-14H,9-12H2,(H,21,22). The average Bonchev–Trinajstić information content (AvgIpc) is 2.76. The fourth-order valence-electron chi connectivity index (χ4n) is 2.95. The molecule has 0 aliphatic carbocycles. The van der Waals surface area contributed by atoms with Crippen molar-refractivity contribution < 1.29 is 8.42 Å². The molecule has 0 spiro atoms. The number of hydrogen-bond acceptors (Lipinski definition) is 8. The topological polar surface area (TPSA) is 104 Å². The molecule has 28 heavy (non-hydrogen) atoms. The van der Waals surface area contributed by atoms with Crippen molar-refractivity contribution in [3.8, 4) is 0 Å². The largest absolute Gasteiger partial charge is 0.352 e. The predicted molar refractivity (Wildman–Crippen MR) is 105 cm³/mol. The zero-order valence-electron chi connectivity index (χ0n) is 15.0. The molecule has 10 heteroatoms. The third kappa shape index (κ3) is 3.92. The summed E-state index contributed by atoms with van der Waals surface area (Å²) in [6, 6.07) is 10.6. The van der Waals surface area contributed by atoms with Crippen LogP contribution in [0.2, 0.25) is 0 Å². The van der Waals surface area contributed by atoms with Gasteiger partial charge in [0.15, 0.2) is 11.6 Å². The van der Waals surface area contributed by atoms with E-state index < -0.39 is 10.0 Å². The van der Waals surface area contributed by atoms with Crippen LogP contribution in [-0.4, -0.2) is 59.1 Å². The number of pyridine rings is 2. The first-order chi connectivity index (χ1) is 13.6. The molecule has 144 valence electrons. The molecule has 1 aliphatic heterocycles. The van der Waals surface area contributed by atoms with Gasteiger partial charge in [0.05, 0.1) is 11.9 Å². The molecule has 0 saturated carbocycles. The van der Waals surface area contributed by atoms with Crippen molar-refractivity contribution in [3.05, 3.63) is 61.2 Å². The minimum atomic E-state index is -3.52. The van der Waals surface area contributed by atoms with Crippen LogP contribution in [-0.2, 0) is 10.0 Å². The number of piperazine rings is 1. The van der Waals surface area contributed by atoms with E-state index in [-0.39, 0.29) is 4.90 Å². The molecule has 3 aromatic rings. The summed E-state index contributed by atoms with van der Waals surface area (Å²) in [6.45, 7) is 1.86. The Labute approximate surface area is 163 Å². The van der Waals surface area contributed by atoms with Crippen molar-refractivity contribution in [2.75, 3.05) is 36.4 Å². The molecule has 0 atom stereocenters. The Morgan fingerprint density at radius 1 is 0.857 bits per heavy atom. The van der Waals surface area contributed by atoms with Crippen LogP contribution in [0.1, 0.15) is 0 Å². The van der Waals surface area contributed by atoms with Gasteiger partial charge in [-0.25, -0.2) is 8.42 Å². The zero-order valence-corrected chi connectivity index (χ0v) is 15.8. The van der Waals surface area contributed by atoms with Gasteiger partial charge in [0.2, 0.25) is 10.0 Å². The van der Waals surface area contributed by atoms with Crippen LogP contribution in [0, 0.1) is 0 Å². The van der Waals surface area contributed by atoms with E-state index in [0.29, 0.717) is 32.0 Å². The van der Waals surface area contributed by atoms with Crippen LogP contribution >= 0.6 is 0 Å². The number of sulfonamides is 1.